The van der Waals surface area contributed by atoms with Crippen LogP contribution in [0.25, 0.3) is 10.9 Å². The minimum atomic E-state index is 0.324. The lowest BCUT2D eigenvalue weighted by molar-refractivity contribution is 0.0771. The molecule has 3 heteroatoms. The van der Waals surface area contributed by atoms with Crippen molar-refractivity contribution in [1.82, 2.24) is 10.3 Å². The average Bonchev–Trinajstić information content (AvgIpc) is 2.66. The Morgan fingerprint density at radius 2 is 2.19 bits per heavy atom. The van der Waals surface area contributed by atoms with Crippen LogP contribution < -0.4 is 5.32 Å². The second-order valence-corrected chi connectivity index (χ2v) is 4.29. The van der Waals surface area contributed by atoms with Crippen molar-refractivity contribution in [2.24, 2.45) is 0 Å². The maximum atomic E-state index is 5.53. The fraction of sp³-hybridized carbons (Fsp3) is 0.385. The molecule has 0 aliphatic carbocycles. The number of benzene rings is 1. The van der Waals surface area contributed by atoms with Gasteiger partial charge in [-0.1, -0.05) is 18.2 Å². The van der Waals surface area contributed by atoms with Gasteiger partial charge in [0.25, 0.3) is 0 Å². The Bertz CT molecular complexity index is 498. The van der Waals surface area contributed by atoms with E-state index in [9.17, 15) is 0 Å². The van der Waals surface area contributed by atoms with Gasteiger partial charge in [0.2, 0.25) is 0 Å². The zero-order chi connectivity index (χ0) is 11.0. The third-order valence-electron chi connectivity index (χ3n) is 3.21. The van der Waals surface area contributed by atoms with Crippen molar-refractivity contribution in [1.29, 1.82) is 0 Å². The average molecular weight is 216 g/mol. The highest BCUT2D eigenvalue weighted by Crippen LogP contribution is 2.28. The van der Waals surface area contributed by atoms with Gasteiger partial charge in [0.15, 0.2) is 0 Å². The molecule has 0 bridgehead atoms. The SMILES string of the molecule is Cc1[nH]c2ccccc2c1C1COCCN1. The molecule has 16 heavy (non-hydrogen) atoms. The van der Waals surface area contributed by atoms with Crippen molar-refractivity contribution in [3.05, 3.63) is 35.5 Å². The number of ether oxygens (including phenoxy) is 1. The molecule has 0 spiro atoms. The fourth-order valence-electron chi connectivity index (χ4n) is 2.50. The van der Waals surface area contributed by atoms with Crippen LogP contribution in [0.15, 0.2) is 24.3 Å². The molecular formula is C13H16N2O. The van der Waals surface area contributed by atoms with Gasteiger partial charge in [-0.15, -0.1) is 0 Å². The minimum Gasteiger partial charge on any atom is -0.378 e. The van der Waals surface area contributed by atoms with Crippen LogP contribution in [0.4, 0.5) is 0 Å². The van der Waals surface area contributed by atoms with Gasteiger partial charge in [-0.2, -0.15) is 0 Å². The van der Waals surface area contributed by atoms with Gasteiger partial charge >= 0.3 is 0 Å². The number of aromatic nitrogens is 1. The van der Waals surface area contributed by atoms with Crippen LogP contribution in [0.1, 0.15) is 17.3 Å². The first-order valence-corrected chi connectivity index (χ1v) is 5.74. The van der Waals surface area contributed by atoms with Crippen molar-refractivity contribution in [2.45, 2.75) is 13.0 Å². The molecule has 3 nitrogen and oxygen atoms in total. The summed E-state index contributed by atoms with van der Waals surface area (Å²) < 4.78 is 5.53. The number of nitrogens with one attached hydrogen (secondary N) is 2. The number of rotatable bonds is 1. The molecule has 0 saturated carbocycles. The molecule has 0 amide bonds. The van der Waals surface area contributed by atoms with Crippen LogP contribution in [-0.2, 0) is 4.74 Å². The Hall–Kier alpha value is -1.32. The van der Waals surface area contributed by atoms with Crippen LogP contribution in [0.5, 0.6) is 0 Å². The molecule has 1 saturated heterocycles. The first-order valence-electron chi connectivity index (χ1n) is 5.74. The summed E-state index contributed by atoms with van der Waals surface area (Å²) in [6.45, 7) is 4.65. The molecule has 1 aliphatic heterocycles. The van der Waals surface area contributed by atoms with Crippen molar-refractivity contribution >= 4 is 10.9 Å². The summed E-state index contributed by atoms with van der Waals surface area (Å²) in [7, 11) is 0. The third kappa shape index (κ3) is 1.52. The minimum absolute atomic E-state index is 0.324. The summed E-state index contributed by atoms with van der Waals surface area (Å²) in [5.41, 5.74) is 3.81. The van der Waals surface area contributed by atoms with E-state index in [1.165, 1.54) is 22.2 Å². The Morgan fingerprint density at radius 3 is 3.00 bits per heavy atom. The van der Waals surface area contributed by atoms with E-state index in [4.69, 9.17) is 4.74 Å². The maximum absolute atomic E-state index is 5.53. The maximum Gasteiger partial charge on any atom is 0.0663 e. The monoisotopic (exact) mass is 216 g/mol. The summed E-state index contributed by atoms with van der Waals surface area (Å²) in [5, 5.41) is 4.82. The van der Waals surface area contributed by atoms with Crippen molar-refractivity contribution in [3.8, 4) is 0 Å². The van der Waals surface area contributed by atoms with Gasteiger partial charge in [-0.25, -0.2) is 0 Å². The predicted octanol–water partition coefficient (Wildman–Crippen LogP) is 2.14. The molecule has 2 N–H and O–H groups in total. The van der Waals surface area contributed by atoms with Crippen LogP contribution in [0.2, 0.25) is 0 Å². The zero-order valence-electron chi connectivity index (χ0n) is 9.42. The van der Waals surface area contributed by atoms with Crippen molar-refractivity contribution in [3.63, 3.8) is 0 Å². The molecular weight excluding hydrogens is 200 g/mol. The highest BCUT2D eigenvalue weighted by Gasteiger charge is 2.20. The van der Waals surface area contributed by atoms with Crippen LogP contribution >= 0.6 is 0 Å². The van der Waals surface area contributed by atoms with Gasteiger partial charge < -0.3 is 15.0 Å². The lowest BCUT2D eigenvalue weighted by Gasteiger charge is -2.24. The molecule has 1 aromatic heterocycles. The van der Waals surface area contributed by atoms with E-state index >= 15 is 0 Å². The zero-order valence-corrected chi connectivity index (χ0v) is 9.42. The molecule has 84 valence electrons. The molecule has 1 aliphatic rings. The summed E-state index contributed by atoms with van der Waals surface area (Å²) in [6.07, 6.45) is 0. The Morgan fingerprint density at radius 1 is 1.31 bits per heavy atom. The Kier molecular flexibility index (Phi) is 2.42. The molecule has 0 radical (unpaired) electrons. The number of H-pyrrole nitrogens is 1. The summed E-state index contributed by atoms with van der Waals surface area (Å²) in [5.74, 6) is 0. The lowest BCUT2D eigenvalue weighted by Crippen LogP contribution is -2.34. The van der Waals surface area contributed by atoms with E-state index in [-0.39, 0.29) is 0 Å². The smallest absolute Gasteiger partial charge is 0.0663 e. The van der Waals surface area contributed by atoms with E-state index < -0.39 is 0 Å². The summed E-state index contributed by atoms with van der Waals surface area (Å²) in [4.78, 5) is 3.43. The van der Waals surface area contributed by atoms with Crippen LogP contribution in [0.3, 0.4) is 0 Å². The number of para-hydroxylation sites is 1. The first kappa shape index (κ1) is 9.87. The molecule has 1 fully saturated rings. The molecule has 1 unspecified atom stereocenters. The largest absolute Gasteiger partial charge is 0.378 e. The van der Waals surface area contributed by atoms with Gasteiger partial charge in [0, 0.05) is 23.1 Å². The second kappa shape index (κ2) is 3.92. The van der Waals surface area contributed by atoms with Gasteiger partial charge in [0.1, 0.15) is 0 Å². The van der Waals surface area contributed by atoms with E-state index in [0.29, 0.717) is 6.04 Å². The number of hydrogen-bond acceptors (Lipinski definition) is 2. The Balaban J connectivity index is 2.10. The fourth-order valence-corrected chi connectivity index (χ4v) is 2.50. The van der Waals surface area contributed by atoms with Crippen molar-refractivity contribution in [2.75, 3.05) is 19.8 Å². The predicted molar refractivity (Wildman–Crippen MR) is 64.6 cm³/mol. The molecule has 2 heterocycles. The summed E-state index contributed by atoms with van der Waals surface area (Å²) >= 11 is 0. The normalized spacial score (nSPS) is 21.4. The number of morpholine rings is 1. The Labute approximate surface area is 94.8 Å². The topological polar surface area (TPSA) is 37.0 Å². The molecule has 3 rings (SSSR count). The van der Waals surface area contributed by atoms with Crippen molar-refractivity contribution < 1.29 is 4.74 Å². The highest BCUT2D eigenvalue weighted by molar-refractivity contribution is 5.85. The number of aromatic amines is 1. The van der Waals surface area contributed by atoms with Gasteiger partial charge in [0.05, 0.1) is 19.3 Å². The van der Waals surface area contributed by atoms with E-state index in [1.54, 1.807) is 0 Å². The van der Waals surface area contributed by atoms with Crippen LogP contribution in [0, 0.1) is 6.92 Å². The summed E-state index contributed by atoms with van der Waals surface area (Å²) in [6, 6.07) is 8.76. The standard InChI is InChI=1S/C13H16N2O/c1-9-13(12-8-16-7-6-14-12)10-4-2-3-5-11(10)15-9/h2-5,12,14-15H,6-8H2,1H3. The second-order valence-electron chi connectivity index (χ2n) is 4.29. The van der Waals surface area contributed by atoms with Gasteiger partial charge in [-0.3, -0.25) is 0 Å². The quantitative estimate of drug-likeness (QED) is 0.766. The van der Waals surface area contributed by atoms with E-state index in [1.807, 2.05) is 0 Å². The van der Waals surface area contributed by atoms with E-state index in [0.717, 1.165) is 19.8 Å². The van der Waals surface area contributed by atoms with E-state index in [2.05, 4.69) is 41.5 Å². The molecule has 1 atom stereocenters. The first-order chi connectivity index (χ1) is 7.86. The lowest BCUT2D eigenvalue weighted by atomic mass is 10.0. The highest BCUT2D eigenvalue weighted by atomic mass is 16.5. The number of fused-ring (bicyclic) bond motifs is 1. The molecule has 1 aromatic carbocycles. The number of hydrogen-bond donors (Lipinski definition) is 2. The molecule has 2 aromatic rings. The van der Waals surface area contributed by atoms with Gasteiger partial charge in [-0.05, 0) is 18.6 Å². The van der Waals surface area contributed by atoms with Crippen LogP contribution in [-0.4, -0.2) is 24.7 Å². The third-order valence-corrected chi connectivity index (χ3v) is 3.21. The number of aryl methyl sites for hydroxylation is 1.